The Morgan fingerprint density at radius 1 is 0.429 bits per heavy atom. The highest BCUT2D eigenvalue weighted by Gasteiger charge is 1.97. The van der Waals surface area contributed by atoms with E-state index in [0.29, 0.717) is 150 Å². The van der Waals surface area contributed by atoms with Gasteiger partial charge in [0.05, 0.1) is 132 Å². The highest BCUT2D eigenvalue weighted by Crippen LogP contribution is 2.10. The topological polar surface area (TPSA) is 119 Å². The third-order valence-electron chi connectivity index (χ3n) is 5.10. The summed E-state index contributed by atoms with van der Waals surface area (Å²) in [4.78, 5) is 10.6. The first-order chi connectivity index (χ1) is 20.9. The van der Waals surface area contributed by atoms with Gasteiger partial charge < -0.3 is 52.1 Å². The molecule has 42 heavy (non-hydrogen) atoms. The van der Waals surface area contributed by atoms with Crippen molar-refractivity contribution in [3.05, 3.63) is 42.5 Å². The van der Waals surface area contributed by atoms with E-state index in [1.165, 1.54) is 0 Å². The van der Waals surface area contributed by atoms with Crippen molar-refractivity contribution in [1.29, 1.82) is 0 Å². The quantitative estimate of drug-likeness (QED) is 0.0654. The summed E-state index contributed by atoms with van der Waals surface area (Å²) in [6.07, 6.45) is 2.51. The second kappa shape index (κ2) is 32.0. The van der Waals surface area contributed by atoms with Gasteiger partial charge in [0, 0.05) is 5.56 Å². The lowest BCUT2D eigenvalue weighted by Crippen LogP contribution is -2.15. The molecule has 0 fully saturated rings. The van der Waals surface area contributed by atoms with Gasteiger partial charge >= 0.3 is 0 Å². The second-order valence-electron chi connectivity index (χ2n) is 8.41. The lowest BCUT2D eigenvalue weighted by Gasteiger charge is -2.09. The first kappa shape index (κ1) is 38.1. The van der Waals surface area contributed by atoms with E-state index in [9.17, 15) is 4.79 Å². The van der Waals surface area contributed by atoms with E-state index in [-0.39, 0.29) is 0 Å². The third kappa shape index (κ3) is 26.9. The Labute approximate surface area is 250 Å². The number of carbonyl (C=O) groups excluding carboxylic acids is 1. The Balaban J connectivity index is 1.65. The van der Waals surface area contributed by atoms with Gasteiger partial charge in [-0.25, -0.2) is 0 Å². The maximum Gasteiger partial charge on any atom is 0.150 e. The zero-order valence-corrected chi connectivity index (χ0v) is 24.9. The minimum atomic E-state index is 0.432. The molecule has 0 aliphatic carbocycles. The number of rotatable bonds is 34. The van der Waals surface area contributed by atoms with E-state index in [1.807, 2.05) is 0 Å². The highest BCUT2D eigenvalue weighted by atomic mass is 16.6. The molecule has 0 aliphatic heterocycles. The second-order valence-corrected chi connectivity index (χ2v) is 8.41. The van der Waals surface area contributed by atoms with Crippen LogP contribution in [0, 0.1) is 0 Å². The van der Waals surface area contributed by atoms with Crippen molar-refractivity contribution in [1.82, 2.24) is 0 Å². The SMILES string of the molecule is C=CCOCCOCCOCCOCCOCCOCCOCCOCCOCCOCCOc1ccc(C=O)cc1. The summed E-state index contributed by atoms with van der Waals surface area (Å²) >= 11 is 0. The number of aldehydes is 1. The van der Waals surface area contributed by atoms with Crippen LogP contribution >= 0.6 is 0 Å². The van der Waals surface area contributed by atoms with Gasteiger partial charge in [-0.3, -0.25) is 4.79 Å². The molecule has 12 nitrogen and oxygen atoms in total. The summed E-state index contributed by atoms with van der Waals surface area (Å²) in [6, 6.07) is 6.93. The summed E-state index contributed by atoms with van der Waals surface area (Å²) < 4.78 is 59.7. The first-order valence-corrected chi connectivity index (χ1v) is 14.4. The molecule has 0 N–H and O–H groups in total. The van der Waals surface area contributed by atoms with Gasteiger partial charge in [-0.15, -0.1) is 6.58 Å². The third-order valence-corrected chi connectivity index (χ3v) is 5.10. The Kier molecular flexibility index (Phi) is 29.0. The van der Waals surface area contributed by atoms with Gasteiger partial charge in [-0.05, 0) is 24.3 Å². The molecular formula is C30H50O12. The van der Waals surface area contributed by atoms with Crippen LogP contribution in [-0.2, 0) is 47.4 Å². The molecule has 0 heterocycles. The van der Waals surface area contributed by atoms with Crippen molar-refractivity contribution in [2.45, 2.75) is 0 Å². The smallest absolute Gasteiger partial charge is 0.150 e. The highest BCUT2D eigenvalue weighted by molar-refractivity contribution is 5.74. The number of ether oxygens (including phenoxy) is 11. The Morgan fingerprint density at radius 2 is 0.714 bits per heavy atom. The van der Waals surface area contributed by atoms with Gasteiger partial charge in [0.2, 0.25) is 0 Å². The van der Waals surface area contributed by atoms with Crippen LogP contribution in [0.2, 0.25) is 0 Å². The molecule has 0 aliphatic rings. The fraction of sp³-hybridized carbons (Fsp3) is 0.700. The van der Waals surface area contributed by atoms with Crippen LogP contribution in [0.3, 0.4) is 0 Å². The van der Waals surface area contributed by atoms with E-state index in [4.69, 9.17) is 52.1 Å². The largest absolute Gasteiger partial charge is 0.491 e. The van der Waals surface area contributed by atoms with Gasteiger partial charge in [0.1, 0.15) is 18.6 Å². The average molecular weight is 603 g/mol. The molecule has 0 aromatic heterocycles. The molecule has 1 aromatic carbocycles. The molecule has 0 amide bonds. The number of carbonyl (C=O) groups is 1. The molecule has 0 saturated carbocycles. The van der Waals surface area contributed by atoms with E-state index in [1.54, 1.807) is 30.3 Å². The molecule has 0 radical (unpaired) electrons. The molecule has 0 atom stereocenters. The van der Waals surface area contributed by atoms with Gasteiger partial charge in [0.15, 0.2) is 0 Å². The molecule has 0 bridgehead atoms. The molecular weight excluding hydrogens is 552 g/mol. The maximum absolute atomic E-state index is 10.6. The van der Waals surface area contributed by atoms with Crippen LogP contribution in [-0.4, -0.2) is 145 Å². The number of hydrogen-bond acceptors (Lipinski definition) is 12. The molecule has 0 saturated heterocycles. The van der Waals surface area contributed by atoms with Crippen LogP contribution in [0.4, 0.5) is 0 Å². The number of benzene rings is 1. The van der Waals surface area contributed by atoms with E-state index in [0.717, 1.165) is 6.29 Å². The summed E-state index contributed by atoms with van der Waals surface area (Å²) in [7, 11) is 0. The number of hydrogen-bond donors (Lipinski definition) is 0. The van der Waals surface area contributed by atoms with Crippen molar-refractivity contribution in [2.24, 2.45) is 0 Å². The standard InChI is InChI=1S/C30H50O12/c1-2-7-32-8-9-33-10-11-34-12-13-35-14-15-36-16-17-37-18-19-38-20-21-39-22-23-40-24-25-41-26-27-42-30-5-3-29(28-31)4-6-30/h2-6,28H,1,7-27H2. The lowest BCUT2D eigenvalue weighted by atomic mass is 10.2. The molecule has 0 spiro atoms. The Hall–Kier alpha value is -1.97. The first-order valence-electron chi connectivity index (χ1n) is 14.4. The molecule has 1 aromatic rings. The predicted octanol–water partition coefficient (Wildman–Crippen LogP) is 2.23. The van der Waals surface area contributed by atoms with Gasteiger partial charge in [-0.1, -0.05) is 6.08 Å². The minimum Gasteiger partial charge on any atom is -0.491 e. The summed E-state index contributed by atoms with van der Waals surface area (Å²) in [5, 5.41) is 0. The minimum absolute atomic E-state index is 0.432. The summed E-state index contributed by atoms with van der Waals surface area (Å²) in [6.45, 7) is 14.2. The molecule has 12 heteroatoms. The van der Waals surface area contributed by atoms with Crippen molar-refractivity contribution in [3.8, 4) is 5.75 Å². The van der Waals surface area contributed by atoms with E-state index < -0.39 is 0 Å². The van der Waals surface area contributed by atoms with Crippen molar-refractivity contribution < 1.29 is 56.9 Å². The van der Waals surface area contributed by atoms with Crippen molar-refractivity contribution in [2.75, 3.05) is 139 Å². The van der Waals surface area contributed by atoms with Crippen molar-refractivity contribution >= 4 is 6.29 Å². The van der Waals surface area contributed by atoms with E-state index in [2.05, 4.69) is 6.58 Å². The normalized spacial score (nSPS) is 11.1. The zero-order valence-electron chi connectivity index (χ0n) is 24.9. The van der Waals surface area contributed by atoms with Gasteiger partial charge in [-0.2, -0.15) is 0 Å². The fourth-order valence-electron chi connectivity index (χ4n) is 3.01. The summed E-state index contributed by atoms with van der Waals surface area (Å²) in [5.41, 5.74) is 0.619. The Bertz CT molecular complexity index is 704. The van der Waals surface area contributed by atoms with Crippen LogP contribution in [0.15, 0.2) is 36.9 Å². The average Bonchev–Trinajstić information content (AvgIpc) is 3.02. The maximum atomic E-state index is 10.6. The van der Waals surface area contributed by atoms with E-state index >= 15 is 0 Å². The predicted molar refractivity (Wildman–Crippen MR) is 156 cm³/mol. The Morgan fingerprint density at radius 3 is 1.00 bits per heavy atom. The van der Waals surface area contributed by atoms with Crippen LogP contribution < -0.4 is 4.74 Å². The van der Waals surface area contributed by atoms with Crippen LogP contribution in [0.5, 0.6) is 5.75 Å². The fourth-order valence-corrected chi connectivity index (χ4v) is 3.01. The molecule has 242 valence electrons. The van der Waals surface area contributed by atoms with Crippen molar-refractivity contribution in [3.63, 3.8) is 0 Å². The van der Waals surface area contributed by atoms with Crippen LogP contribution in [0.25, 0.3) is 0 Å². The summed E-state index contributed by atoms with van der Waals surface area (Å²) in [5.74, 6) is 0.705. The van der Waals surface area contributed by atoms with Gasteiger partial charge in [0.25, 0.3) is 0 Å². The molecule has 0 unspecified atom stereocenters. The lowest BCUT2D eigenvalue weighted by molar-refractivity contribution is -0.0264. The zero-order chi connectivity index (χ0) is 30.0. The molecule has 1 rings (SSSR count). The van der Waals surface area contributed by atoms with Crippen LogP contribution in [0.1, 0.15) is 10.4 Å². The monoisotopic (exact) mass is 602 g/mol.